The summed E-state index contributed by atoms with van der Waals surface area (Å²) in [6.07, 6.45) is 7.12. The maximum absolute atomic E-state index is 12.3. The monoisotopic (exact) mass is 244 g/mol. The molecule has 0 unspecified atom stereocenters. The average Bonchev–Trinajstić information content (AvgIpc) is 2.86. The Bertz CT molecular complexity index is 569. The molecule has 1 amide bonds. The molecule has 5 nitrogen and oxygen atoms in total. The zero-order chi connectivity index (χ0) is 12.5. The van der Waals surface area contributed by atoms with Crippen LogP contribution in [0.4, 0.5) is 0 Å². The number of nitrogens with zero attached hydrogens (tertiary/aromatic N) is 3. The highest BCUT2D eigenvalue weighted by molar-refractivity contribution is 5.95. The number of nitrogens with two attached hydrogens (primary N) is 1. The molecule has 1 fully saturated rings. The fraction of sp³-hybridized carbons (Fsp3) is 0.385. The highest BCUT2D eigenvalue weighted by atomic mass is 16.2. The second-order valence-corrected chi connectivity index (χ2v) is 4.77. The van der Waals surface area contributed by atoms with Gasteiger partial charge in [-0.05, 0) is 25.0 Å². The molecule has 2 N–H and O–H groups in total. The first kappa shape index (κ1) is 11.2. The minimum absolute atomic E-state index is 0.0885. The normalized spacial score (nSPS) is 17.3. The Balaban J connectivity index is 1.82. The van der Waals surface area contributed by atoms with Gasteiger partial charge >= 0.3 is 0 Å². The molecule has 0 radical (unpaired) electrons. The average molecular weight is 244 g/mol. The summed E-state index contributed by atoms with van der Waals surface area (Å²) in [5.41, 5.74) is 7.51. The molecule has 1 aliphatic rings. The number of likely N-dealkylation sites (tertiary alicyclic amines) is 1. The quantitative estimate of drug-likeness (QED) is 0.810. The number of hydrogen-bond acceptors (Lipinski definition) is 3. The van der Waals surface area contributed by atoms with Crippen LogP contribution in [0, 0.1) is 0 Å². The Kier molecular flexibility index (Phi) is 2.76. The third-order valence-corrected chi connectivity index (χ3v) is 3.49. The van der Waals surface area contributed by atoms with Crippen LogP contribution in [0.15, 0.2) is 30.9 Å². The number of carbonyl (C=O) groups excluding carboxylic acids is 1. The van der Waals surface area contributed by atoms with Crippen LogP contribution in [0.25, 0.3) is 5.52 Å². The van der Waals surface area contributed by atoms with Gasteiger partial charge in [0.05, 0.1) is 18.0 Å². The van der Waals surface area contributed by atoms with Gasteiger partial charge in [-0.2, -0.15) is 0 Å². The lowest BCUT2D eigenvalue weighted by Crippen LogP contribution is -2.42. The predicted molar refractivity (Wildman–Crippen MR) is 68.3 cm³/mol. The molecule has 18 heavy (non-hydrogen) atoms. The molecule has 2 aromatic heterocycles. The van der Waals surface area contributed by atoms with Gasteiger partial charge in [-0.25, -0.2) is 4.98 Å². The number of pyridine rings is 1. The number of rotatable bonds is 1. The van der Waals surface area contributed by atoms with Crippen molar-refractivity contribution in [3.05, 3.63) is 36.4 Å². The molecule has 0 spiro atoms. The lowest BCUT2D eigenvalue weighted by atomic mass is 10.1. The van der Waals surface area contributed by atoms with Crippen LogP contribution in [-0.2, 0) is 0 Å². The Morgan fingerprint density at radius 3 is 2.94 bits per heavy atom. The van der Waals surface area contributed by atoms with E-state index in [1.807, 2.05) is 27.6 Å². The fourth-order valence-electron chi connectivity index (χ4n) is 2.34. The van der Waals surface area contributed by atoms with Gasteiger partial charge in [0.15, 0.2) is 0 Å². The van der Waals surface area contributed by atoms with Gasteiger partial charge in [0, 0.05) is 30.9 Å². The summed E-state index contributed by atoms with van der Waals surface area (Å²) in [6.45, 7) is 1.51. The molecular formula is C13H16N4O. The van der Waals surface area contributed by atoms with Crippen LogP contribution in [0.1, 0.15) is 23.2 Å². The van der Waals surface area contributed by atoms with Crippen molar-refractivity contribution in [1.82, 2.24) is 14.3 Å². The molecule has 0 saturated carbocycles. The summed E-state index contributed by atoms with van der Waals surface area (Å²) in [5.74, 6) is 0.0885. The Morgan fingerprint density at radius 1 is 1.39 bits per heavy atom. The predicted octanol–water partition coefficient (Wildman–Crippen LogP) is 0.898. The minimum Gasteiger partial charge on any atom is -0.339 e. The molecule has 5 heteroatoms. The van der Waals surface area contributed by atoms with Crippen molar-refractivity contribution in [2.45, 2.75) is 18.9 Å². The van der Waals surface area contributed by atoms with Crippen LogP contribution in [0.5, 0.6) is 0 Å². The van der Waals surface area contributed by atoms with Crippen molar-refractivity contribution < 1.29 is 4.79 Å². The lowest BCUT2D eigenvalue weighted by molar-refractivity contribution is 0.0715. The Hall–Kier alpha value is -1.88. The standard InChI is InChI=1S/C13H16N4O/c14-11-2-5-16(6-3-11)13(18)10-1-4-17-9-15-8-12(17)7-10/h1,4,7-9,11H,2-3,5-6,14H2. The molecule has 1 saturated heterocycles. The molecule has 2 aromatic rings. The molecule has 0 aromatic carbocycles. The van der Waals surface area contributed by atoms with Gasteiger partial charge in [0.2, 0.25) is 0 Å². The maximum atomic E-state index is 12.3. The van der Waals surface area contributed by atoms with Gasteiger partial charge in [0.25, 0.3) is 5.91 Å². The summed E-state index contributed by atoms with van der Waals surface area (Å²) in [6, 6.07) is 3.96. The van der Waals surface area contributed by atoms with Crippen LogP contribution < -0.4 is 5.73 Å². The van der Waals surface area contributed by atoms with Crippen molar-refractivity contribution in [2.24, 2.45) is 5.73 Å². The van der Waals surface area contributed by atoms with Crippen molar-refractivity contribution >= 4 is 11.4 Å². The third-order valence-electron chi connectivity index (χ3n) is 3.49. The molecule has 3 rings (SSSR count). The van der Waals surface area contributed by atoms with Gasteiger partial charge in [0.1, 0.15) is 0 Å². The molecule has 0 bridgehead atoms. The Labute approximate surface area is 105 Å². The van der Waals surface area contributed by atoms with Crippen LogP contribution >= 0.6 is 0 Å². The number of carbonyl (C=O) groups is 1. The number of fused-ring (bicyclic) bond motifs is 1. The topological polar surface area (TPSA) is 63.6 Å². The number of piperidine rings is 1. The Morgan fingerprint density at radius 2 is 2.17 bits per heavy atom. The van der Waals surface area contributed by atoms with E-state index in [4.69, 9.17) is 5.73 Å². The SMILES string of the molecule is NC1CCN(C(=O)c2ccn3cncc3c2)CC1. The second-order valence-electron chi connectivity index (χ2n) is 4.77. The third kappa shape index (κ3) is 1.97. The van der Waals surface area contributed by atoms with E-state index in [0.29, 0.717) is 0 Å². The van der Waals surface area contributed by atoms with E-state index < -0.39 is 0 Å². The van der Waals surface area contributed by atoms with E-state index in [0.717, 1.165) is 37.0 Å². The van der Waals surface area contributed by atoms with Gasteiger partial charge in [-0.3, -0.25) is 4.79 Å². The van der Waals surface area contributed by atoms with Gasteiger partial charge < -0.3 is 15.0 Å². The zero-order valence-electron chi connectivity index (χ0n) is 10.1. The van der Waals surface area contributed by atoms with Crippen LogP contribution in [0.3, 0.4) is 0 Å². The van der Waals surface area contributed by atoms with Crippen molar-refractivity contribution in [1.29, 1.82) is 0 Å². The summed E-state index contributed by atoms with van der Waals surface area (Å²) in [5, 5.41) is 0. The smallest absolute Gasteiger partial charge is 0.253 e. The number of aromatic nitrogens is 2. The van der Waals surface area contributed by atoms with Crippen LogP contribution in [-0.4, -0.2) is 39.3 Å². The van der Waals surface area contributed by atoms with E-state index in [9.17, 15) is 4.79 Å². The van der Waals surface area contributed by atoms with Crippen LogP contribution in [0.2, 0.25) is 0 Å². The van der Waals surface area contributed by atoms with Crippen molar-refractivity contribution in [2.75, 3.05) is 13.1 Å². The van der Waals surface area contributed by atoms with E-state index in [1.165, 1.54) is 0 Å². The molecule has 0 aliphatic carbocycles. The van der Waals surface area contributed by atoms with Crippen molar-refractivity contribution in [3.8, 4) is 0 Å². The highest BCUT2D eigenvalue weighted by Gasteiger charge is 2.21. The molecule has 94 valence electrons. The molecule has 0 atom stereocenters. The number of amides is 1. The van der Waals surface area contributed by atoms with E-state index in [-0.39, 0.29) is 11.9 Å². The second kappa shape index (κ2) is 4.42. The van der Waals surface area contributed by atoms with Gasteiger partial charge in [-0.15, -0.1) is 0 Å². The lowest BCUT2D eigenvalue weighted by Gasteiger charge is -2.30. The highest BCUT2D eigenvalue weighted by Crippen LogP contribution is 2.14. The minimum atomic E-state index is 0.0885. The first-order chi connectivity index (χ1) is 8.74. The largest absolute Gasteiger partial charge is 0.339 e. The maximum Gasteiger partial charge on any atom is 0.253 e. The van der Waals surface area contributed by atoms with Gasteiger partial charge in [-0.1, -0.05) is 0 Å². The summed E-state index contributed by atoms with van der Waals surface area (Å²) < 4.78 is 1.89. The number of hydrogen-bond donors (Lipinski definition) is 1. The zero-order valence-corrected chi connectivity index (χ0v) is 10.1. The summed E-state index contributed by atoms with van der Waals surface area (Å²) >= 11 is 0. The van der Waals surface area contributed by atoms with E-state index in [1.54, 1.807) is 12.5 Å². The van der Waals surface area contributed by atoms with Crippen molar-refractivity contribution in [3.63, 3.8) is 0 Å². The first-order valence-corrected chi connectivity index (χ1v) is 6.20. The molecule has 1 aliphatic heterocycles. The summed E-state index contributed by atoms with van der Waals surface area (Å²) in [7, 11) is 0. The fourth-order valence-corrected chi connectivity index (χ4v) is 2.34. The van der Waals surface area contributed by atoms with E-state index in [2.05, 4.69) is 4.98 Å². The number of imidazole rings is 1. The summed E-state index contributed by atoms with van der Waals surface area (Å²) in [4.78, 5) is 18.3. The molecule has 3 heterocycles. The first-order valence-electron chi connectivity index (χ1n) is 6.20. The molecular weight excluding hydrogens is 228 g/mol. The van der Waals surface area contributed by atoms with E-state index >= 15 is 0 Å².